The summed E-state index contributed by atoms with van der Waals surface area (Å²) in [7, 11) is -9.91. The third-order valence-electron chi connectivity index (χ3n) is 18.5. The Morgan fingerprint density at radius 3 is 0.740 bits per heavy atom. The zero-order valence-electron chi connectivity index (χ0n) is 63.0. The van der Waals surface area contributed by atoms with E-state index in [1.54, 1.807) is 0 Å². The number of esters is 4. The lowest BCUT2D eigenvalue weighted by atomic mass is 9.99. The average Bonchev–Trinajstić information content (AvgIpc) is 1.50. The molecule has 0 amide bonds. The molecule has 0 bridgehead atoms. The second kappa shape index (κ2) is 66.3. The standard InChI is InChI=1S/C77H150O17P2/c1-9-69(7)55-47-39-30-24-19-17-15-13-11-12-14-16-18-20-25-33-43-51-59-76(81)93-72(63-87-74(79)57-49-41-32-28-27-31-40-48-56-70(8)10-2)65-91-95(83,84)89-61-71(78)62-90-96(85,86)92-66-73(64-88-75(80)58-50-42-36-35-38-46-54-68(5)6)94-77(82)60-52-44-34-26-22-21-23-29-37-45-53-67(3)4/h67-73,78H,9-66H2,1-8H3,(H,83,84)(H,85,86)/t69?,70?,71-,72-,73-/m1/s1. The molecule has 0 aliphatic heterocycles. The van der Waals surface area contributed by atoms with Crippen molar-refractivity contribution in [3.63, 3.8) is 0 Å². The summed E-state index contributed by atoms with van der Waals surface area (Å²) >= 11 is 0. The van der Waals surface area contributed by atoms with Crippen LogP contribution in [0.1, 0.15) is 389 Å². The summed E-state index contributed by atoms with van der Waals surface area (Å²) in [6, 6.07) is 0. The summed E-state index contributed by atoms with van der Waals surface area (Å²) in [5, 5.41) is 10.6. The fourth-order valence-corrected chi connectivity index (χ4v) is 13.2. The van der Waals surface area contributed by atoms with Crippen LogP contribution in [0.15, 0.2) is 0 Å². The van der Waals surface area contributed by atoms with Crippen LogP contribution in [0.25, 0.3) is 0 Å². The average molecular weight is 1410 g/mol. The van der Waals surface area contributed by atoms with Gasteiger partial charge in [0.1, 0.15) is 19.3 Å². The molecule has 0 heterocycles. The molecule has 0 fully saturated rings. The summed E-state index contributed by atoms with van der Waals surface area (Å²) in [4.78, 5) is 72.8. The van der Waals surface area contributed by atoms with Crippen LogP contribution >= 0.6 is 15.6 Å². The predicted molar refractivity (Wildman–Crippen MR) is 391 cm³/mol. The third kappa shape index (κ3) is 67.9. The van der Waals surface area contributed by atoms with Gasteiger partial charge in [0.15, 0.2) is 12.2 Å². The topological polar surface area (TPSA) is 237 Å². The fraction of sp³-hybridized carbons (Fsp3) is 0.948. The van der Waals surface area contributed by atoms with E-state index in [4.69, 9.17) is 37.0 Å². The molecule has 0 aliphatic rings. The van der Waals surface area contributed by atoms with Gasteiger partial charge in [0.25, 0.3) is 0 Å². The number of carbonyl (C=O) groups excluding carboxylic acids is 4. The number of hydrogen-bond acceptors (Lipinski definition) is 15. The monoisotopic (exact) mass is 1410 g/mol. The summed E-state index contributed by atoms with van der Waals surface area (Å²) in [5.74, 6) is 0.957. The number of phosphoric ester groups is 2. The molecule has 19 heteroatoms. The largest absolute Gasteiger partial charge is 0.472 e. The van der Waals surface area contributed by atoms with Gasteiger partial charge >= 0.3 is 39.5 Å². The van der Waals surface area contributed by atoms with Crippen molar-refractivity contribution in [3.8, 4) is 0 Å². The van der Waals surface area contributed by atoms with Crippen molar-refractivity contribution in [2.75, 3.05) is 39.6 Å². The van der Waals surface area contributed by atoms with Gasteiger partial charge in [-0.2, -0.15) is 0 Å². The lowest BCUT2D eigenvalue weighted by Gasteiger charge is -2.21. The van der Waals surface area contributed by atoms with E-state index >= 15 is 0 Å². The molecule has 0 aromatic heterocycles. The Bertz CT molecular complexity index is 1890. The van der Waals surface area contributed by atoms with Gasteiger partial charge in [0.05, 0.1) is 26.4 Å². The number of hydrogen-bond donors (Lipinski definition) is 3. The summed E-state index contributed by atoms with van der Waals surface area (Å²) in [6.45, 7) is 14.2. The molecule has 570 valence electrons. The lowest BCUT2D eigenvalue weighted by Crippen LogP contribution is -2.30. The van der Waals surface area contributed by atoms with Crippen LogP contribution < -0.4 is 0 Å². The van der Waals surface area contributed by atoms with Crippen molar-refractivity contribution in [1.82, 2.24) is 0 Å². The van der Waals surface area contributed by atoms with E-state index in [0.717, 1.165) is 114 Å². The molecule has 17 nitrogen and oxygen atoms in total. The van der Waals surface area contributed by atoms with Gasteiger partial charge in [-0.3, -0.25) is 37.3 Å². The highest BCUT2D eigenvalue weighted by Gasteiger charge is 2.30. The van der Waals surface area contributed by atoms with E-state index in [1.807, 2.05) is 0 Å². The Labute approximate surface area is 588 Å². The maximum atomic E-state index is 13.1. The van der Waals surface area contributed by atoms with Crippen LogP contribution in [0.3, 0.4) is 0 Å². The Kier molecular flexibility index (Phi) is 65.0. The summed E-state index contributed by atoms with van der Waals surface area (Å²) < 4.78 is 68.5. The number of ether oxygens (including phenoxy) is 4. The van der Waals surface area contributed by atoms with Gasteiger partial charge in [-0.1, -0.05) is 338 Å². The minimum Gasteiger partial charge on any atom is -0.462 e. The first-order chi connectivity index (χ1) is 46.2. The molecule has 0 saturated heterocycles. The van der Waals surface area contributed by atoms with Gasteiger partial charge in [0.2, 0.25) is 0 Å². The van der Waals surface area contributed by atoms with Crippen LogP contribution in [0.5, 0.6) is 0 Å². The second-order valence-electron chi connectivity index (χ2n) is 29.2. The number of unbranched alkanes of at least 4 members (excludes halogenated alkanes) is 38. The summed E-state index contributed by atoms with van der Waals surface area (Å²) in [6.07, 6.45) is 51.5. The Morgan fingerprint density at radius 2 is 0.500 bits per heavy atom. The minimum absolute atomic E-state index is 0.104. The smallest absolute Gasteiger partial charge is 0.462 e. The molecular weight excluding hydrogens is 1260 g/mol. The highest BCUT2D eigenvalue weighted by Crippen LogP contribution is 2.45. The van der Waals surface area contributed by atoms with E-state index in [0.29, 0.717) is 31.6 Å². The van der Waals surface area contributed by atoms with Gasteiger partial charge in [0, 0.05) is 25.7 Å². The van der Waals surface area contributed by atoms with Crippen molar-refractivity contribution in [2.45, 2.75) is 408 Å². The van der Waals surface area contributed by atoms with Crippen LogP contribution in [0.4, 0.5) is 0 Å². The third-order valence-corrected chi connectivity index (χ3v) is 20.4. The molecule has 0 aliphatic carbocycles. The molecule has 0 aromatic carbocycles. The molecule has 3 N–H and O–H groups in total. The molecule has 7 atom stereocenters. The maximum absolute atomic E-state index is 13.1. The van der Waals surface area contributed by atoms with Gasteiger partial charge in [-0.25, -0.2) is 9.13 Å². The van der Waals surface area contributed by atoms with Crippen molar-refractivity contribution < 1.29 is 80.2 Å². The van der Waals surface area contributed by atoms with Crippen molar-refractivity contribution in [1.29, 1.82) is 0 Å². The molecule has 96 heavy (non-hydrogen) atoms. The fourth-order valence-electron chi connectivity index (χ4n) is 11.7. The van der Waals surface area contributed by atoms with Crippen LogP contribution in [-0.2, 0) is 65.4 Å². The Balaban J connectivity index is 5.18. The normalized spacial score (nSPS) is 14.7. The van der Waals surface area contributed by atoms with E-state index in [-0.39, 0.29) is 25.7 Å². The zero-order chi connectivity index (χ0) is 71.0. The van der Waals surface area contributed by atoms with Gasteiger partial charge in [-0.15, -0.1) is 0 Å². The quantitative estimate of drug-likeness (QED) is 0.0222. The Hall–Kier alpha value is -1.94. The first-order valence-corrected chi connectivity index (χ1v) is 42.8. The zero-order valence-corrected chi connectivity index (χ0v) is 64.8. The van der Waals surface area contributed by atoms with Crippen molar-refractivity contribution in [3.05, 3.63) is 0 Å². The van der Waals surface area contributed by atoms with Crippen LogP contribution in [-0.4, -0.2) is 96.7 Å². The molecule has 0 aromatic rings. The second-order valence-corrected chi connectivity index (χ2v) is 32.1. The highest BCUT2D eigenvalue weighted by atomic mass is 31.2. The van der Waals surface area contributed by atoms with Gasteiger partial charge < -0.3 is 33.8 Å². The lowest BCUT2D eigenvalue weighted by molar-refractivity contribution is -0.161. The van der Waals surface area contributed by atoms with Crippen molar-refractivity contribution >= 4 is 39.5 Å². The number of aliphatic hydroxyl groups is 1. The molecular formula is C77H150O17P2. The van der Waals surface area contributed by atoms with E-state index in [9.17, 15) is 43.2 Å². The van der Waals surface area contributed by atoms with Gasteiger partial charge in [-0.05, 0) is 49.4 Å². The molecule has 0 rings (SSSR count). The number of aliphatic hydroxyl groups excluding tert-OH is 1. The summed E-state index contributed by atoms with van der Waals surface area (Å²) in [5.41, 5.74) is 0. The first kappa shape index (κ1) is 94.1. The highest BCUT2D eigenvalue weighted by molar-refractivity contribution is 7.47. The molecule has 0 spiro atoms. The maximum Gasteiger partial charge on any atom is 0.472 e. The SMILES string of the molecule is CCC(C)CCCCCCCCCCCCCCCCCCCCC(=O)O[C@H](COC(=O)CCCCCCCCCCC(C)CC)COP(=O)(O)OC[C@@H](O)COP(=O)(O)OC[C@@H](COC(=O)CCCCCCCCC(C)C)OC(=O)CCCCCCCCCCCCC(C)C. The van der Waals surface area contributed by atoms with E-state index in [2.05, 4.69) is 55.4 Å². The predicted octanol–water partition coefficient (Wildman–Crippen LogP) is 22.4. The van der Waals surface area contributed by atoms with Crippen molar-refractivity contribution in [2.24, 2.45) is 23.7 Å². The molecule has 4 unspecified atom stereocenters. The van der Waals surface area contributed by atoms with Crippen LogP contribution in [0.2, 0.25) is 0 Å². The minimum atomic E-state index is -4.96. The molecule has 0 radical (unpaired) electrons. The number of rotatable bonds is 74. The molecule has 0 saturated carbocycles. The Morgan fingerprint density at radius 1 is 0.292 bits per heavy atom. The number of phosphoric acid groups is 2. The van der Waals surface area contributed by atoms with Crippen LogP contribution in [0, 0.1) is 23.7 Å². The van der Waals surface area contributed by atoms with E-state index < -0.39 is 97.5 Å². The number of carbonyl (C=O) groups is 4. The first-order valence-electron chi connectivity index (χ1n) is 39.8. The van der Waals surface area contributed by atoms with E-state index in [1.165, 1.54) is 186 Å².